The number of aromatic amines is 3. The minimum absolute atomic E-state index is 0. The second-order valence-corrected chi connectivity index (χ2v) is 18.4. The van der Waals surface area contributed by atoms with Crippen LogP contribution in [0.2, 0.25) is 5.15 Å². The number of benzene rings is 5. The normalized spacial score (nSPS) is 9.70. The molecule has 0 fully saturated rings. The van der Waals surface area contributed by atoms with Crippen LogP contribution in [-0.2, 0) is 74.7 Å². The molecule has 0 bridgehead atoms. The van der Waals surface area contributed by atoms with Crippen molar-refractivity contribution in [2.75, 3.05) is 5.73 Å². The lowest BCUT2D eigenvalue weighted by atomic mass is 10.0. The van der Waals surface area contributed by atoms with Crippen molar-refractivity contribution in [3.05, 3.63) is 178 Å². The van der Waals surface area contributed by atoms with Gasteiger partial charge in [-0.25, -0.2) is 33.9 Å². The summed E-state index contributed by atoms with van der Waals surface area (Å²) in [4.78, 5) is 104. The molecule has 14 N–H and O–H groups in total. The van der Waals surface area contributed by atoms with Gasteiger partial charge in [0.15, 0.2) is 0 Å². The number of nitrogens with one attached hydrogen (secondary N) is 3. The highest BCUT2D eigenvalue weighted by Crippen LogP contribution is 2.24. The molecule has 5 aromatic carbocycles. The van der Waals surface area contributed by atoms with Crippen molar-refractivity contribution in [3.8, 4) is 5.75 Å². The van der Waals surface area contributed by atoms with E-state index in [1.807, 2.05) is 26.0 Å². The standard InChI is InChI=1S/C10H9ClN2O.C10H10N2O3.C10H10N2O2.C9H8N2O3.C9H11NO4.2CO2.2CH4.Cl2OS.H2/c1-6-2-8-9(3-7(6)4-14)12-5-13-10(8)11;13-3-6-1-8-9(2-7(6)4-14)11-5-12-10(8)15;1-6-2-8-9(3-7(6)4-13)11-5-12-10(8)14;12-3-5-1-7-6(2-8(5)13)9(14)11-4-10-7;10-8-2-6(4-12)5(3-11)1-7(8)9(13)14;2*2-1-3;;;1-4(2)3;/h2-3,5,14H,4H2,1H3;1-2,5,13-14H,3-4H2,(H,11,12,15);2-3,5,13H,4H2,1H3,(H,11,12,14);1-2,4,12-13H,3H2,(H,10,11,14);1-2,11-12H,3-4,10H2,(H,13,14);;;2*1H4;;1H/i;;;;;;;;;;1+1. The number of carboxylic acid groups (broad SMARTS) is 1. The van der Waals surface area contributed by atoms with Gasteiger partial charge in [0.1, 0.15) is 17.2 Å². The van der Waals surface area contributed by atoms with Crippen molar-refractivity contribution in [2.45, 2.75) is 74.9 Å². The molecule has 83 heavy (non-hydrogen) atoms. The van der Waals surface area contributed by atoms with Crippen LogP contribution in [0.4, 0.5) is 5.69 Å². The minimum Gasteiger partial charge on any atom is -0.508 e. The van der Waals surface area contributed by atoms with Gasteiger partial charge in [-0.05, 0) is 119 Å². The first-order valence-electron chi connectivity index (χ1n) is 22.3. The quantitative estimate of drug-likeness (QED) is 0.0576. The lowest BCUT2D eigenvalue weighted by Crippen LogP contribution is -2.08. The van der Waals surface area contributed by atoms with Gasteiger partial charge in [-0.1, -0.05) is 26.5 Å². The number of rotatable bonds is 8. The number of aliphatic hydroxyl groups excluding tert-OH is 7. The van der Waals surface area contributed by atoms with Gasteiger partial charge in [0, 0.05) is 39.4 Å². The van der Waals surface area contributed by atoms with Gasteiger partial charge in [-0.15, -0.1) is 0 Å². The fourth-order valence-corrected chi connectivity index (χ4v) is 6.98. The smallest absolute Gasteiger partial charge is 0.373 e. The van der Waals surface area contributed by atoms with Crippen LogP contribution in [0.1, 0.15) is 76.7 Å². The topological polar surface area (TPSA) is 474 Å². The van der Waals surface area contributed by atoms with E-state index in [9.17, 15) is 24.3 Å². The van der Waals surface area contributed by atoms with Crippen molar-refractivity contribution < 1.29 is 75.6 Å². The molecule has 0 aliphatic rings. The van der Waals surface area contributed by atoms with Crippen molar-refractivity contribution in [3.63, 3.8) is 0 Å². The molecule has 31 heteroatoms. The fourth-order valence-electron chi connectivity index (χ4n) is 6.79. The van der Waals surface area contributed by atoms with E-state index in [4.69, 9.17) is 81.6 Å². The Labute approximate surface area is 487 Å². The van der Waals surface area contributed by atoms with Crippen LogP contribution >= 0.6 is 33.0 Å². The predicted molar refractivity (Wildman–Crippen MR) is 307 cm³/mol. The molecular formula is C52H58Cl3N9O18S. The second kappa shape index (κ2) is 38.2. The van der Waals surface area contributed by atoms with E-state index >= 15 is 0 Å². The van der Waals surface area contributed by atoms with Crippen LogP contribution in [0.5, 0.6) is 5.75 Å². The lowest BCUT2D eigenvalue weighted by Gasteiger charge is -2.08. The molecule has 4 heterocycles. The fraction of sp³-hybridized carbons (Fsp3) is 0.212. The van der Waals surface area contributed by atoms with Crippen LogP contribution in [0.3, 0.4) is 0 Å². The Morgan fingerprint density at radius 3 is 1.24 bits per heavy atom. The van der Waals surface area contributed by atoms with Gasteiger partial charge < -0.3 is 66.6 Å². The second-order valence-electron chi connectivity index (χ2n) is 15.6. The van der Waals surface area contributed by atoms with Gasteiger partial charge >= 0.3 is 18.3 Å². The number of fused-ring (bicyclic) bond motifs is 4. The number of carbonyl (C=O) groups is 1. The third-order valence-corrected chi connectivity index (χ3v) is 11.0. The zero-order chi connectivity index (χ0) is 60.9. The Morgan fingerprint density at radius 1 is 0.530 bits per heavy atom. The number of phenols is 1. The molecule has 27 nitrogen and oxygen atoms in total. The molecule has 9 rings (SSSR count). The zero-order valence-electron chi connectivity index (χ0n) is 42.1. The Hall–Kier alpha value is -8.57. The molecule has 0 radical (unpaired) electrons. The summed E-state index contributed by atoms with van der Waals surface area (Å²) in [7, 11) is 7.36. The van der Waals surface area contributed by atoms with E-state index in [1.165, 1.54) is 49.6 Å². The first-order valence-corrected chi connectivity index (χ1v) is 25.5. The molecule has 0 unspecified atom stereocenters. The minimum atomic E-state index is -1.67. The van der Waals surface area contributed by atoms with Gasteiger partial charge in [0.05, 0.1) is 109 Å². The third kappa shape index (κ3) is 22.4. The molecular weight excluding hydrogens is 1180 g/mol. The van der Waals surface area contributed by atoms with Crippen molar-refractivity contribution in [2.24, 2.45) is 0 Å². The maximum Gasteiger partial charge on any atom is 0.373 e. The number of nitrogen functional groups attached to an aromatic ring is 1. The maximum absolute atomic E-state index is 11.4. The molecule has 9 aromatic rings. The summed E-state index contributed by atoms with van der Waals surface area (Å²) in [6.45, 7) is 2.50. The first-order chi connectivity index (χ1) is 38.6. The van der Waals surface area contributed by atoms with E-state index in [1.54, 1.807) is 24.3 Å². The number of carbonyl (C=O) groups excluding carboxylic acids is 4. The van der Waals surface area contributed by atoms with E-state index in [0.717, 1.165) is 33.2 Å². The zero-order valence-corrected chi connectivity index (χ0v) is 45.2. The number of carboxylic acids is 1. The molecule has 0 saturated heterocycles. The van der Waals surface area contributed by atoms with Crippen LogP contribution in [0.15, 0.2) is 100 Å². The average Bonchev–Trinajstić information content (AvgIpc) is 3.52. The lowest BCUT2D eigenvalue weighted by molar-refractivity contribution is -0.193. The number of hydrogen-bond donors (Lipinski definition) is 13. The van der Waals surface area contributed by atoms with Gasteiger partial charge in [-0.3, -0.25) is 14.4 Å². The maximum atomic E-state index is 11.4. The average molecular weight is 1240 g/mol. The van der Waals surface area contributed by atoms with Gasteiger partial charge in [-0.2, -0.15) is 19.2 Å². The number of anilines is 1. The van der Waals surface area contributed by atoms with Crippen LogP contribution in [-0.4, -0.2) is 108 Å². The van der Waals surface area contributed by atoms with E-state index in [-0.39, 0.29) is 109 Å². The Kier molecular flexibility index (Phi) is 34.2. The van der Waals surface area contributed by atoms with Crippen LogP contribution in [0.25, 0.3) is 43.6 Å². The molecule has 0 saturated carbocycles. The van der Waals surface area contributed by atoms with Gasteiger partial charge in [0.25, 0.3) is 16.7 Å². The van der Waals surface area contributed by atoms with Crippen molar-refractivity contribution >= 4 is 110 Å². The summed E-state index contributed by atoms with van der Waals surface area (Å²) >= 11 is 5.91. The summed E-state index contributed by atoms with van der Waals surface area (Å²) in [5.41, 5.74) is 13.0. The SMILES string of the molecule is C.C.Cc1cc2c(=O)[nH]cnc2cc1CO.Cc1cc2c(Cl)ncnc2cc1CO.Nc1cc(CO)c(CO)cc1C(=O)O.O=C=O.O=C=O.O=S(Cl)Cl.O=c1[nH]cnc2cc(CO)c(CO)cc12.O=c1[nH]cnc2cc(CO)c(O)cc12.[2HH]. The number of hydrogen-bond acceptors (Lipinski definition) is 23. The number of halogens is 3. The first kappa shape index (κ1) is 74.4. The van der Waals surface area contributed by atoms with Gasteiger partial charge in [0.2, 0.25) is 9.23 Å². The monoisotopic (exact) mass is 1230 g/mol. The molecule has 4 aromatic heterocycles. The number of aliphatic hydroxyl groups is 7. The molecule has 0 atom stereocenters. The summed E-state index contributed by atoms with van der Waals surface area (Å²) in [5, 5.41) is 83.5. The van der Waals surface area contributed by atoms with E-state index in [0.29, 0.717) is 65.7 Å². The number of H-pyrrole nitrogens is 3. The summed E-state index contributed by atoms with van der Waals surface area (Å²) in [6, 6.07) is 15.8. The van der Waals surface area contributed by atoms with Crippen LogP contribution < -0.4 is 22.4 Å². The van der Waals surface area contributed by atoms with E-state index < -0.39 is 15.2 Å². The summed E-state index contributed by atoms with van der Waals surface area (Å²) in [5.74, 6) is -1.25. The number of nitrogens with zero attached hydrogens (tertiary/aromatic N) is 5. The molecule has 0 amide bonds. The Bertz CT molecular complexity index is 3770. The highest BCUT2D eigenvalue weighted by Gasteiger charge is 2.13. The largest absolute Gasteiger partial charge is 0.508 e. The molecule has 0 aliphatic carbocycles. The van der Waals surface area contributed by atoms with E-state index in [2.05, 4.69) is 61.2 Å². The number of aromatic carboxylic acids is 1. The third-order valence-electron chi connectivity index (χ3n) is 10.7. The molecule has 0 spiro atoms. The number of aromatic hydroxyl groups is 1. The molecule has 0 aliphatic heterocycles. The number of aryl methyl sites for hydroxylation is 2. The highest BCUT2D eigenvalue weighted by atomic mass is 36.0. The van der Waals surface area contributed by atoms with Crippen molar-refractivity contribution in [1.82, 2.24) is 39.9 Å². The van der Waals surface area contributed by atoms with Crippen molar-refractivity contribution in [1.29, 1.82) is 0 Å². The number of nitrogens with two attached hydrogens (primary N) is 1. The summed E-state index contributed by atoms with van der Waals surface area (Å²) in [6.07, 6.45) is 5.87. The Morgan fingerprint density at radius 2 is 0.843 bits per heavy atom. The Balaban J connectivity index is 0. The van der Waals surface area contributed by atoms with Crippen LogP contribution in [0, 0.1) is 13.8 Å². The number of aromatic nitrogens is 8. The highest BCUT2D eigenvalue weighted by molar-refractivity contribution is 8.26. The molecule has 446 valence electrons. The summed E-state index contributed by atoms with van der Waals surface area (Å²) < 4.78 is 9.09. The predicted octanol–water partition coefficient (Wildman–Crippen LogP) is 4.18.